The van der Waals surface area contributed by atoms with E-state index in [1.807, 2.05) is 0 Å². The molecule has 4 nitrogen and oxygen atoms in total. The van der Waals surface area contributed by atoms with Gasteiger partial charge < -0.3 is 4.90 Å². The second-order valence-electron chi connectivity index (χ2n) is 7.05. The Bertz CT molecular complexity index is 453. The van der Waals surface area contributed by atoms with Crippen LogP contribution >= 0.6 is 0 Å². The van der Waals surface area contributed by atoms with Gasteiger partial charge in [0.05, 0.1) is 5.69 Å². The van der Waals surface area contributed by atoms with E-state index >= 15 is 0 Å². The summed E-state index contributed by atoms with van der Waals surface area (Å²) in [6.07, 6.45) is 2.76. The number of hydrogen-bond donors (Lipinski definition) is 1. The molecule has 2 aliphatic heterocycles. The molecule has 3 heterocycles. The Kier molecular flexibility index (Phi) is 3.87. The molecule has 1 aromatic rings. The van der Waals surface area contributed by atoms with Crippen molar-refractivity contribution in [3.8, 4) is 0 Å². The summed E-state index contributed by atoms with van der Waals surface area (Å²) in [5.41, 5.74) is 3.04. The number of hydrogen-bond acceptors (Lipinski definition) is 3. The summed E-state index contributed by atoms with van der Waals surface area (Å²) in [5, 5.41) is 7.62. The van der Waals surface area contributed by atoms with E-state index in [2.05, 4.69) is 46.8 Å². The lowest BCUT2D eigenvalue weighted by molar-refractivity contribution is 0.240. The molecular weight excluding hydrogens is 248 g/mol. The van der Waals surface area contributed by atoms with Gasteiger partial charge in [0.1, 0.15) is 0 Å². The van der Waals surface area contributed by atoms with E-state index in [1.165, 1.54) is 57.0 Å². The van der Waals surface area contributed by atoms with Crippen LogP contribution in [0.1, 0.15) is 50.9 Å². The number of nitrogens with one attached hydrogen (secondary N) is 1. The van der Waals surface area contributed by atoms with Gasteiger partial charge in [0.25, 0.3) is 0 Å². The van der Waals surface area contributed by atoms with Crippen LogP contribution in [-0.2, 0) is 6.54 Å². The van der Waals surface area contributed by atoms with Crippen LogP contribution in [0.2, 0.25) is 0 Å². The van der Waals surface area contributed by atoms with Crippen molar-refractivity contribution in [2.45, 2.75) is 46.1 Å². The number of nitrogens with zero attached hydrogens (tertiary/aromatic N) is 3. The van der Waals surface area contributed by atoms with Gasteiger partial charge in [0.15, 0.2) is 0 Å². The van der Waals surface area contributed by atoms with Crippen LogP contribution in [-0.4, -0.2) is 52.7 Å². The molecule has 0 bridgehead atoms. The highest BCUT2D eigenvalue weighted by Gasteiger charge is 2.42. The van der Waals surface area contributed by atoms with Crippen molar-refractivity contribution in [1.29, 1.82) is 0 Å². The number of aromatic nitrogens is 2. The average molecular weight is 276 g/mol. The number of likely N-dealkylation sites (tertiary alicyclic amines) is 2. The molecule has 112 valence electrons. The van der Waals surface area contributed by atoms with E-state index in [0.29, 0.717) is 11.3 Å². The Morgan fingerprint density at radius 2 is 1.95 bits per heavy atom. The summed E-state index contributed by atoms with van der Waals surface area (Å²) >= 11 is 0. The van der Waals surface area contributed by atoms with Gasteiger partial charge in [0, 0.05) is 25.3 Å². The zero-order chi connectivity index (χ0) is 14.2. The number of aromatic amines is 1. The second-order valence-corrected chi connectivity index (χ2v) is 7.05. The molecule has 0 amide bonds. The van der Waals surface area contributed by atoms with E-state index in [1.54, 1.807) is 0 Å². The smallest absolute Gasteiger partial charge is 0.0650 e. The molecule has 2 aliphatic rings. The van der Waals surface area contributed by atoms with Crippen LogP contribution < -0.4 is 0 Å². The van der Waals surface area contributed by atoms with Crippen LogP contribution in [0.3, 0.4) is 0 Å². The highest BCUT2D eigenvalue weighted by atomic mass is 15.2. The Morgan fingerprint density at radius 3 is 2.55 bits per heavy atom. The molecule has 0 saturated carbocycles. The summed E-state index contributed by atoms with van der Waals surface area (Å²) in [6.45, 7) is 14.0. The van der Waals surface area contributed by atoms with E-state index < -0.39 is 0 Å². The molecule has 20 heavy (non-hydrogen) atoms. The SMILES string of the molecule is CCN1CCC2(CCN(Cc3cc(C(C)C)n[nH]3)C2)C1. The van der Waals surface area contributed by atoms with Gasteiger partial charge in [-0.2, -0.15) is 5.10 Å². The minimum absolute atomic E-state index is 0.512. The Hall–Kier alpha value is -0.870. The summed E-state index contributed by atoms with van der Waals surface area (Å²) in [4.78, 5) is 5.22. The largest absolute Gasteiger partial charge is 0.303 e. The zero-order valence-electron chi connectivity index (χ0n) is 13.2. The lowest BCUT2D eigenvalue weighted by Crippen LogP contribution is -2.30. The van der Waals surface area contributed by atoms with E-state index in [4.69, 9.17) is 0 Å². The summed E-state index contributed by atoms with van der Waals surface area (Å²) in [5.74, 6) is 0.512. The molecule has 0 radical (unpaired) electrons. The van der Waals surface area contributed by atoms with E-state index in [9.17, 15) is 0 Å². The first-order chi connectivity index (χ1) is 9.60. The molecule has 0 aromatic carbocycles. The standard InChI is InChI=1S/C16H28N4/c1-4-19-7-5-16(11-19)6-8-20(12-16)10-14-9-15(13(2)3)18-17-14/h9,13H,4-8,10-12H2,1-3H3,(H,17,18). The minimum atomic E-state index is 0.512. The van der Waals surface area contributed by atoms with Crippen molar-refractivity contribution in [3.63, 3.8) is 0 Å². The molecule has 3 rings (SSSR count). The van der Waals surface area contributed by atoms with Crippen LogP contribution in [0.25, 0.3) is 0 Å². The third kappa shape index (κ3) is 2.77. The number of H-pyrrole nitrogens is 1. The van der Waals surface area contributed by atoms with Crippen molar-refractivity contribution in [2.24, 2.45) is 5.41 Å². The van der Waals surface area contributed by atoms with Gasteiger partial charge in [-0.05, 0) is 49.9 Å². The third-order valence-corrected chi connectivity index (χ3v) is 5.12. The van der Waals surface area contributed by atoms with Gasteiger partial charge in [0.2, 0.25) is 0 Å². The fourth-order valence-electron chi connectivity index (χ4n) is 3.79. The van der Waals surface area contributed by atoms with Gasteiger partial charge in [-0.3, -0.25) is 10.00 Å². The molecule has 1 aromatic heterocycles. The van der Waals surface area contributed by atoms with E-state index in [-0.39, 0.29) is 0 Å². The van der Waals surface area contributed by atoms with Crippen molar-refractivity contribution >= 4 is 0 Å². The van der Waals surface area contributed by atoms with Crippen LogP contribution in [0, 0.1) is 5.41 Å². The molecule has 1 unspecified atom stereocenters. The van der Waals surface area contributed by atoms with Gasteiger partial charge in [-0.15, -0.1) is 0 Å². The Labute approximate surface area is 122 Å². The quantitative estimate of drug-likeness (QED) is 0.917. The van der Waals surface area contributed by atoms with Crippen LogP contribution in [0.4, 0.5) is 0 Å². The zero-order valence-corrected chi connectivity index (χ0v) is 13.2. The number of rotatable bonds is 4. The first-order valence-corrected chi connectivity index (χ1v) is 8.09. The molecule has 2 fully saturated rings. The predicted octanol–water partition coefficient (Wildman–Crippen LogP) is 2.45. The average Bonchev–Trinajstić information content (AvgIpc) is 3.12. The van der Waals surface area contributed by atoms with Crippen molar-refractivity contribution in [2.75, 3.05) is 32.7 Å². The van der Waals surface area contributed by atoms with Crippen molar-refractivity contribution < 1.29 is 0 Å². The molecule has 4 heteroatoms. The Morgan fingerprint density at radius 1 is 1.25 bits per heavy atom. The summed E-state index contributed by atoms with van der Waals surface area (Å²) < 4.78 is 0. The summed E-state index contributed by atoms with van der Waals surface area (Å²) in [6, 6.07) is 2.24. The molecule has 1 atom stereocenters. The maximum absolute atomic E-state index is 4.41. The molecule has 2 saturated heterocycles. The minimum Gasteiger partial charge on any atom is -0.303 e. The first kappa shape index (κ1) is 14.1. The third-order valence-electron chi connectivity index (χ3n) is 5.12. The predicted molar refractivity (Wildman–Crippen MR) is 81.7 cm³/mol. The van der Waals surface area contributed by atoms with Gasteiger partial charge in [-0.25, -0.2) is 0 Å². The molecule has 1 spiro atoms. The van der Waals surface area contributed by atoms with Gasteiger partial charge in [-0.1, -0.05) is 20.8 Å². The molecule has 0 aliphatic carbocycles. The lowest BCUT2D eigenvalue weighted by Gasteiger charge is -2.24. The van der Waals surface area contributed by atoms with Crippen molar-refractivity contribution in [1.82, 2.24) is 20.0 Å². The van der Waals surface area contributed by atoms with Crippen LogP contribution in [0.5, 0.6) is 0 Å². The maximum Gasteiger partial charge on any atom is 0.0650 e. The topological polar surface area (TPSA) is 35.2 Å². The second kappa shape index (κ2) is 5.49. The van der Waals surface area contributed by atoms with E-state index in [0.717, 1.165) is 6.54 Å². The Balaban J connectivity index is 1.57. The maximum atomic E-state index is 4.41. The normalized spacial score (nSPS) is 28.2. The monoisotopic (exact) mass is 276 g/mol. The van der Waals surface area contributed by atoms with Crippen LogP contribution in [0.15, 0.2) is 6.07 Å². The van der Waals surface area contributed by atoms with Gasteiger partial charge >= 0.3 is 0 Å². The molecule has 1 N–H and O–H groups in total. The fourth-order valence-corrected chi connectivity index (χ4v) is 3.79. The molecular formula is C16H28N4. The highest BCUT2D eigenvalue weighted by molar-refractivity contribution is 5.12. The first-order valence-electron chi connectivity index (χ1n) is 8.09. The van der Waals surface area contributed by atoms with Crippen molar-refractivity contribution in [3.05, 3.63) is 17.5 Å². The highest BCUT2D eigenvalue weighted by Crippen LogP contribution is 2.39. The lowest BCUT2D eigenvalue weighted by atomic mass is 9.86. The summed E-state index contributed by atoms with van der Waals surface area (Å²) in [7, 11) is 0. The fraction of sp³-hybridized carbons (Fsp3) is 0.812.